The predicted octanol–water partition coefficient (Wildman–Crippen LogP) is 4.77. The molecule has 30 heavy (non-hydrogen) atoms. The second-order valence-corrected chi connectivity index (χ2v) is 9.90. The van der Waals surface area contributed by atoms with E-state index >= 15 is 0 Å². The van der Waals surface area contributed by atoms with Crippen LogP contribution in [0.4, 0.5) is 0 Å². The molecule has 8 heteroatoms. The van der Waals surface area contributed by atoms with Crippen molar-refractivity contribution in [2.45, 2.75) is 23.6 Å². The Bertz CT molecular complexity index is 1430. The summed E-state index contributed by atoms with van der Waals surface area (Å²) in [5.74, 6) is 0. The van der Waals surface area contributed by atoms with Gasteiger partial charge < -0.3 is 0 Å². The first kappa shape index (κ1) is 20.5. The van der Waals surface area contributed by atoms with Crippen LogP contribution in [0, 0.1) is 13.8 Å². The van der Waals surface area contributed by atoms with Crippen LogP contribution in [0.5, 0.6) is 0 Å². The number of benzene rings is 4. The van der Waals surface area contributed by atoms with Gasteiger partial charge in [0, 0.05) is 11.1 Å². The Morgan fingerprint density at radius 2 is 0.933 bits per heavy atom. The number of aryl methyl sites for hydroxylation is 2. The Labute approximate surface area is 174 Å². The van der Waals surface area contributed by atoms with Gasteiger partial charge in [-0.3, -0.25) is 9.11 Å². The van der Waals surface area contributed by atoms with Crippen LogP contribution < -0.4 is 0 Å². The third-order valence-electron chi connectivity index (χ3n) is 5.14. The van der Waals surface area contributed by atoms with Gasteiger partial charge in [0.15, 0.2) is 0 Å². The van der Waals surface area contributed by atoms with Gasteiger partial charge in [-0.05, 0) is 46.5 Å². The molecule has 0 saturated heterocycles. The normalized spacial score (nSPS) is 12.5. The van der Waals surface area contributed by atoms with Crippen LogP contribution in [0.3, 0.4) is 0 Å². The maximum absolute atomic E-state index is 12.4. The molecule has 0 fully saturated rings. The van der Waals surface area contributed by atoms with Gasteiger partial charge in [0.25, 0.3) is 20.2 Å². The van der Waals surface area contributed by atoms with E-state index in [1.54, 1.807) is 60.7 Å². The van der Waals surface area contributed by atoms with Crippen molar-refractivity contribution >= 4 is 41.8 Å². The molecular formula is C22H18O6S2. The standard InChI is InChI=1S/C22H18O6S2/c1-13-11-15-7-3-5-9-17(15)19(21(13)29(23,24)25)20-18-10-6-4-8-16(18)12-14(2)22(20)30(26,27)28/h3-12H,1-2H3,(H,23,24,25)(H,26,27,28). The maximum atomic E-state index is 12.4. The quantitative estimate of drug-likeness (QED) is 0.443. The van der Waals surface area contributed by atoms with Crippen molar-refractivity contribution in [3.05, 3.63) is 71.8 Å². The maximum Gasteiger partial charge on any atom is 0.295 e. The molecule has 0 aromatic heterocycles. The molecule has 154 valence electrons. The van der Waals surface area contributed by atoms with E-state index < -0.39 is 20.2 Å². The van der Waals surface area contributed by atoms with E-state index in [-0.39, 0.29) is 32.0 Å². The second kappa shape index (κ2) is 6.88. The number of hydrogen-bond acceptors (Lipinski definition) is 4. The smallest absolute Gasteiger partial charge is 0.282 e. The van der Waals surface area contributed by atoms with Gasteiger partial charge in [-0.1, -0.05) is 60.7 Å². The second-order valence-electron chi connectivity index (χ2n) is 7.19. The van der Waals surface area contributed by atoms with Crippen molar-refractivity contribution in [2.24, 2.45) is 0 Å². The van der Waals surface area contributed by atoms with Crippen LogP contribution in [-0.4, -0.2) is 25.9 Å². The minimum atomic E-state index is -4.72. The van der Waals surface area contributed by atoms with Crippen LogP contribution in [0.2, 0.25) is 0 Å². The lowest BCUT2D eigenvalue weighted by Gasteiger charge is -2.20. The molecule has 0 heterocycles. The van der Waals surface area contributed by atoms with Gasteiger partial charge in [0.2, 0.25) is 0 Å². The topological polar surface area (TPSA) is 109 Å². The zero-order chi connectivity index (χ0) is 21.8. The average molecular weight is 443 g/mol. The van der Waals surface area contributed by atoms with Crippen molar-refractivity contribution in [2.75, 3.05) is 0 Å². The van der Waals surface area contributed by atoms with Crippen molar-refractivity contribution in [1.82, 2.24) is 0 Å². The van der Waals surface area contributed by atoms with Crippen molar-refractivity contribution in [1.29, 1.82) is 0 Å². The summed E-state index contributed by atoms with van der Waals surface area (Å²) in [5, 5.41) is 2.22. The monoisotopic (exact) mass is 442 g/mol. The van der Waals surface area contributed by atoms with Gasteiger partial charge in [0.1, 0.15) is 9.79 Å². The minimum Gasteiger partial charge on any atom is -0.282 e. The van der Waals surface area contributed by atoms with Gasteiger partial charge in [-0.2, -0.15) is 16.8 Å². The van der Waals surface area contributed by atoms with E-state index in [0.717, 1.165) is 0 Å². The SMILES string of the molecule is Cc1cc2ccccc2c(-c2c(S(=O)(=O)O)c(C)cc3ccccc23)c1S(=O)(=O)O. The molecule has 0 bridgehead atoms. The molecule has 4 aromatic carbocycles. The Kier molecular flexibility index (Phi) is 4.70. The molecule has 4 aromatic rings. The van der Waals surface area contributed by atoms with E-state index in [2.05, 4.69) is 0 Å². The van der Waals surface area contributed by atoms with Crippen LogP contribution in [0.25, 0.3) is 32.7 Å². The fourth-order valence-corrected chi connectivity index (χ4v) is 5.97. The summed E-state index contributed by atoms with van der Waals surface area (Å²) >= 11 is 0. The lowest BCUT2D eigenvalue weighted by atomic mass is 9.91. The highest BCUT2D eigenvalue weighted by atomic mass is 32.2. The van der Waals surface area contributed by atoms with Gasteiger partial charge in [0.05, 0.1) is 0 Å². The number of rotatable bonds is 3. The summed E-state index contributed by atoms with van der Waals surface area (Å²) in [7, 11) is -9.45. The molecule has 6 nitrogen and oxygen atoms in total. The van der Waals surface area contributed by atoms with E-state index in [1.165, 1.54) is 13.8 Å². The third kappa shape index (κ3) is 3.27. The number of hydrogen-bond donors (Lipinski definition) is 2. The zero-order valence-corrected chi connectivity index (χ0v) is 17.8. The Morgan fingerprint density at radius 3 is 1.27 bits per heavy atom. The fraction of sp³-hybridized carbons (Fsp3) is 0.0909. The summed E-state index contributed by atoms with van der Waals surface area (Å²) < 4.78 is 69.8. The lowest BCUT2D eigenvalue weighted by molar-refractivity contribution is 0.479. The first-order valence-corrected chi connectivity index (χ1v) is 11.9. The number of fused-ring (bicyclic) bond motifs is 2. The molecule has 0 saturated carbocycles. The van der Waals surface area contributed by atoms with Crippen molar-refractivity contribution in [3.8, 4) is 11.1 Å². The van der Waals surface area contributed by atoms with Crippen LogP contribution in [0.15, 0.2) is 70.5 Å². The van der Waals surface area contributed by atoms with E-state index in [1.807, 2.05) is 0 Å². The molecule has 0 spiro atoms. The third-order valence-corrected chi connectivity index (χ3v) is 7.22. The van der Waals surface area contributed by atoms with Crippen molar-refractivity contribution < 1.29 is 25.9 Å². The van der Waals surface area contributed by atoms with Crippen molar-refractivity contribution in [3.63, 3.8) is 0 Å². The van der Waals surface area contributed by atoms with E-state index in [9.17, 15) is 25.9 Å². The Balaban J connectivity index is 2.42. The molecule has 0 atom stereocenters. The van der Waals surface area contributed by atoms with Gasteiger partial charge in [-0.25, -0.2) is 0 Å². The van der Waals surface area contributed by atoms with E-state index in [0.29, 0.717) is 21.5 Å². The summed E-state index contributed by atoms with van der Waals surface area (Å²) in [5.41, 5.74) is 0.609. The molecule has 0 aliphatic carbocycles. The van der Waals surface area contributed by atoms with Crippen LogP contribution >= 0.6 is 0 Å². The molecule has 2 N–H and O–H groups in total. The summed E-state index contributed by atoms with van der Waals surface area (Å²) in [6, 6.07) is 17.0. The first-order chi connectivity index (χ1) is 14.0. The summed E-state index contributed by atoms with van der Waals surface area (Å²) in [6.45, 7) is 3.06. The largest absolute Gasteiger partial charge is 0.295 e. The van der Waals surface area contributed by atoms with Crippen LogP contribution in [-0.2, 0) is 20.2 Å². The van der Waals surface area contributed by atoms with Gasteiger partial charge >= 0.3 is 0 Å². The van der Waals surface area contributed by atoms with Crippen LogP contribution in [0.1, 0.15) is 11.1 Å². The molecule has 0 unspecified atom stereocenters. The molecule has 4 rings (SSSR count). The highest BCUT2D eigenvalue weighted by molar-refractivity contribution is 7.86. The molecule has 0 radical (unpaired) electrons. The molecule has 0 aliphatic heterocycles. The van der Waals surface area contributed by atoms with Gasteiger partial charge in [-0.15, -0.1) is 0 Å². The minimum absolute atomic E-state index is 0.0422. The zero-order valence-electron chi connectivity index (χ0n) is 16.1. The Morgan fingerprint density at radius 1 is 0.600 bits per heavy atom. The lowest BCUT2D eigenvalue weighted by Crippen LogP contribution is -2.09. The molecule has 0 amide bonds. The predicted molar refractivity (Wildman–Crippen MR) is 116 cm³/mol. The first-order valence-electron chi connectivity index (χ1n) is 9.00. The fourth-order valence-electron chi connectivity index (χ4n) is 4.10. The molecule has 0 aliphatic rings. The summed E-state index contributed by atoms with van der Waals surface area (Å²) in [4.78, 5) is -0.774. The molecular weight excluding hydrogens is 424 g/mol. The Hall–Kier alpha value is -2.78. The van der Waals surface area contributed by atoms with E-state index in [4.69, 9.17) is 0 Å². The highest BCUT2D eigenvalue weighted by Crippen LogP contribution is 2.44. The summed E-state index contributed by atoms with van der Waals surface area (Å²) in [6.07, 6.45) is 0. The average Bonchev–Trinajstić information content (AvgIpc) is 2.64. The highest BCUT2D eigenvalue weighted by Gasteiger charge is 2.29.